The molecule has 0 aliphatic heterocycles. The van der Waals surface area contributed by atoms with Gasteiger partial charge in [0, 0.05) is 5.56 Å². The van der Waals surface area contributed by atoms with Crippen molar-refractivity contribution in [2.24, 2.45) is 10.3 Å². The van der Waals surface area contributed by atoms with E-state index in [0.29, 0.717) is 28.4 Å². The molecule has 4 N–H and O–H groups in total. The van der Waals surface area contributed by atoms with Gasteiger partial charge >= 0.3 is 0 Å². The molecule has 0 aliphatic rings. The minimum atomic E-state index is -4.70. The summed E-state index contributed by atoms with van der Waals surface area (Å²) in [6, 6.07) is 22.8. The summed E-state index contributed by atoms with van der Waals surface area (Å²) >= 11 is 0. The van der Waals surface area contributed by atoms with Crippen LogP contribution in [0.1, 0.15) is 27.8 Å². The number of hydrogen-bond donors (Lipinski definition) is 2. The van der Waals surface area contributed by atoms with Gasteiger partial charge < -0.3 is 14.2 Å². The van der Waals surface area contributed by atoms with Crippen molar-refractivity contribution in [2.45, 2.75) is 29.2 Å². The fourth-order valence-electron chi connectivity index (χ4n) is 5.06. The first-order chi connectivity index (χ1) is 21.9. The van der Waals surface area contributed by atoms with Crippen LogP contribution in [0.5, 0.6) is 17.2 Å². The Kier molecular flexibility index (Phi) is 9.39. The Morgan fingerprint density at radius 2 is 1.11 bits per heavy atom. The Balaban J connectivity index is 1.72. The van der Waals surface area contributed by atoms with Gasteiger partial charge in [0.15, 0.2) is 0 Å². The molecule has 5 rings (SSSR count). The van der Waals surface area contributed by atoms with E-state index in [1.54, 1.807) is 62.8 Å². The lowest BCUT2D eigenvalue weighted by molar-refractivity contribution is 0.414. The van der Waals surface area contributed by atoms with E-state index in [4.69, 9.17) is 24.5 Å². The fourth-order valence-corrected chi connectivity index (χ4v) is 7.51. The number of nitrogens with zero attached hydrogens (tertiary/aromatic N) is 4. The molecule has 13 nitrogen and oxygen atoms in total. The second-order valence-corrected chi connectivity index (χ2v) is 13.3. The number of ether oxygens (including phenoxy) is 3. The molecule has 0 fully saturated rings. The summed E-state index contributed by atoms with van der Waals surface area (Å²) in [5.41, 5.74) is 2.79. The van der Waals surface area contributed by atoms with Crippen molar-refractivity contribution in [1.29, 1.82) is 0 Å². The lowest BCUT2D eigenvalue weighted by atomic mass is 9.93. The zero-order valence-electron chi connectivity index (χ0n) is 25.2. The molecule has 240 valence electrons. The highest BCUT2D eigenvalue weighted by molar-refractivity contribution is 7.92. The van der Waals surface area contributed by atoms with Crippen molar-refractivity contribution in [1.82, 2.24) is 20.2 Å². The van der Waals surface area contributed by atoms with E-state index in [1.807, 2.05) is 24.3 Å². The van der Waals surface area contributed by atoms with Crippen molar-refractivity contribution in [3.05, 3.63) is 107 Å². The molecule has 5 aromatic rings. The van der Waals surface area contributed by atoms with Crippen LogP contribution in [0.2, 0.25) is 0 Å². The molecular formula is C31H32N6O7S2. The van der Waals surface area contributed by atoms with Gasteiger partial charge in [-0.3, -0.25) is 0 Å². The van der Waals surface area contributed by atoms with Crippen LogP contribution in [-0.4, -0.2) is 58.4 Å². The van der Waals surface area contributed by atoms with E-state index in [0.717, 1.165) is 11.1 Å². The first-order valence-corrected chi connectivity index (χ1v) is 16.9. The van der Waals surface area contributed by atoms with Crippen LogP contribution in [0.15, 0.2) is 88.7 Å². The van der Waals surface area contributed by atoms with E-state index < -0.39 is 29.8 Å². The number of methoxy groups -OCH3 is 3. The molecule has 4 aromatic carbocycles. The standard InChI is InChI=1S/C31H32N6O7S2/c1-42-24-10-4-20(5-11-24)16-23-18-28(31-34-36-37(35-31)19-22-8-14-26(44-3)15-9-22)30(46(33,40)41)29(45(32,38)39)27(23)17-21-6-12-25(43-2)13-7-21/h4-15,18H,16-17,19H2,1-3H3,(H2,32,38,39)(H2,33,40,41). The minimum Gasteiger partial charge on any atom is -0.497 e. The summed E-state index contributed by atoms with van der Waals surface area (Å²) in [4.78, 5) is -0.0749. The van der Waals surface area contributed by atoms with Crippen molar-refractivity contribution in [2.75, 3.05) is 21.3 Å². The summed E-state index contributed by atoms with van der Waals surface area (Å²) in [5.74, 6) is 1.76. The Hall–Kier alpha value is -4.83. The Morgan fingerprint density at radius 1 is 0.652 bits per heavy atom. The van der Waals surface area contributed by atoms with Gasteiger partial charge in [-0.2, -0.15) is 4.80 Å². The average Bonchev–Trinajstić information content (AvgIpc) is 3.49. The zero-order chi connectivity index (χ0) is 33.1. The second kappa shape index (κ2) is 13.3. The van der Waals surface area contributed by atoms with Crippen LogP contribution in [0.25, 0.3) is 11.4 Å². The Morgan fingerprint density at radius 3 is 1.57 bits per heavy atom. The van der Waals surface area contributed by atoms with Crippen LogP contribution < -0.4 is 24.5 Å². The summed E-state index contributed by atoms with van der Waals surface area (Å²) in [6.45, 7) is 0.192. The summed E-state index contributed by atoms with van der Waals surface area (Å²) < 4.78 is 68.8. The normalized spacial score (nSPS) is 11.8. The molecular weight excluding hydrogens is 633 g/mol. The van der Waals surface area contributed by atoms with Gasteiger partial charge in [-0.05, 0) is 88.3 Å². The van der Waals surface area contributed by atoms with E-state index in [9.17, 15) is 16.8 Å². The van der Waals surface area contributed by atoms with Crippen LogP contribution in [0.3, 0.4) is 0 Å². The molecule has 0 unspecified atom stereocenters. The number of hydrogen-bond acceptors (Lipinski definition) is 10. The number of primary sulfonamides is 2. The van der Waals surface area contributed by atoms with Crippen LogP contribution in [-0.2, 0) is 39.4 Å². The fraction of sp³-hybridized carbons (Fsp3) is 0.194. The highest BCUT2D eigenvalue weighted by atomic mass is 32.2. The van der Waals surface area contributed by atoms with Gasteiger partial charge in [-0.1, -0.05) is 36.4 Å². The van der Waals surface area contributed by atoms with Gasteiger partial charge in [0.1, 0.15) is 27.0 Å². The van der Waals surface area contributed by atoms with E-state index in [1.165, 1.54) is 18.0 Å². The molecule has 1 aromatic heterocycles. The molecule has 0 saturated carbocycles. The second-order valence-electron chi connectivity index (χ2n) is 10.4. The third-order valence-electron chi connectivity index (χ3n) is 7.27. The van der Waals surface area contributed by atoms with Crippen molar-refractivity contribution >= 4 is 20.0 Å². The van der Waals surface area contributed by atoms with Gasteiger partial charge in [0.2, 0.25) is 25.9 Å². The van der Waals surface area contributed by atoms with Gasteiger partial charge in [-0.25, -0.2) is 27.1 Å². The molecule has 0 bridgehead atoms. The lowest BCUT2D eigenvalue weighted by Gasteiger charge is -2.20. The highest BCUT2D eigenvalue weighted by Crippen LogP contribution is 2.37. The Bertz CT molecular complexity index is 2060. The van der Waals surface area contributed by atoms with Crippen molar-refractivity contribution in [3.63, 3.8) is 0 Å². The maximum atomic E-state index is 13.3. The van der Waals surface area contributed by atoms with Gasteiger partial charge in [0.05, 0.1) is 27.9 Å². The number of rotatable bonds is 12. The zero-order valence-corrected chi connectivity index (χ0v) is 26.9. The number of aromatic nitrogens is 4. The summed E-state index contributed by atoms with van der Waals surface area (Å²) in [6.07, 6.45) is 0.220. The highest BCUT2D eigenvalue weighted by Gasteiger charge is 2.33. The molecule has 0 amide bonds. The molecule has 0 saturated heterocycles. The van der Waals surface area contributed by atoms with E-state index in [-0.39, 0.29) is 36.3 Å². The Labute approximate surface area is 266 Å². The molecule has 0 atom stereocenters. The molecule has 0 radical (unpaired) electrons. The van der Waals surface area contributed by atoms with Crippen LogP contribution in [0.4, 0.5) is 0 Å². The number of sulfonamides is 2. The van der Waals surface area contributed by atoms with E-state index >= 15 is 0 Å². The monoisotopic (exact) mass is 664 g/mol. The van der Waals surface area contributed by atoms with Crippen LogP contribution >= 0.6 is 0 Å². The quantitative estimate of drug-likeness (QED) is 0.200. The predicted molar refractivity (Wildman–Crippen MR) is 170 cm³/mol. The molecule has 15 heteroatoms. The van der Waals surface area contributed by atoms with Crippen LogP contribution in [0, 0.1) is 0 Å². The molecule has 46 heavy (non-hydrogen) atoms. The molecule has 1 heterocycles. The summed E-state index contributed by atoms with van der Waals surface area (Å²) in [7, 11) is -4.75. The number of nitrogens with two attached hydrogens (primary N) is 2. The lowest BCUT2D eigenvalue weighted by Crippen LogP contribution is -2.25. The smallest absolute Gasteiger partial charge is 0.240 e. The SMILES string of the molecule is COc1ccc(Cc2cc(-c3nnn(Cc4ccc(OC)cc4)n3)c(S(N)(=O)=O)c(S(N)(=O)=O)c2Cc2ccc(OC)cc2)cc1. The maximum Gasteiger partial charge on any atom is 0.240 e. The number of tetrazole rings is 1. The van der Waals surface area contributed by atoms with E-state index in [2.05, 4.69) is 15.4 Å². The first kappa shape index (κ1) is 32.6. The maximum absolute atomic E-state index is 13.3. The van der Waals surface area contributed by atoms with Crippen molar-refractivity contribution in [3.8, 4) is 28.6 Å². The van der Waals surface area contributed by atoms with Gasteiger partial charge in [-0.15, -0.1) is 10.2 Å². The predicted octanol–water partition coefficient (Wildman–Crippen LogP) is 2.89. The topological polar surface area (TPSA) is 192 Å². The average molecular weight is 665 g/mol. The minimum absolute atomic E-state index is 0.0155. The molecule has 0 aliphatic carbocycles. The van der Waals surface area contributed by atoms with Crippen molar-refractivity contribution < 1.29 is 31.0 Å². The third-order valence-corrected chi connectivity index (χ3v) is 9.41. The summed E-state index contributed by atoms with van der Waals surface area (Å²) in [5, 5.41) is 24.1. The number of benzene rings is 4. The first-order valence-electron chi connectivity index (χ1n) is 13.8. The largest absolute Gasteiger partial charge is 0.497 e. The third kappa shape index (κ3) is 7.34. The van der Waals surface area contributed by atoms with Gasteiger partial charge in [0.25, 0.3) is 0 Å². The molecule has 0 spiro atoms.